The summed E-state index contributed by atoms with van der Waals surface area (Å²) < 4.78 is 0.550. The summed E-state index contributed by atoms with van der Waals surface area (Å²) in [5.41, 5.74) is 9.79. The molecule has 0 aliphatic heterocycles. The fraction of sp³-hybridized carbons (Fsp3) is 0.833. The van der Waals surface area contributed by atoms with Crippen LogP contribution in [0.1, 0.15) is 33.6 Å². The zero-order chi connectivity index (χ0) is 25.1. The lowest BCUT2D eigenvalue weighted by molar-refractivity contribution is -0.873. The summed E-state index contributed by atoms with van der Waals surface area (Å²) in [7, 11) is 5.66. The van der Waals surface area contributed by atoms with Gasteiger partial charge in [-0.1, -0.05) is 13.8 Å². The number of likely N-dealkylation sites (N-methyl/N-ethyl adjacent to an activating group) is 1. The van der Waals surface area contributed by atoms with Crippen LogP contribution in [0.3, 0.4) is 0 Å². The van der Waals surface area contributed by atoms with Gasteiger partial charge in [-0.25, -0.2) is 0 Å². The molecule has 3 atom stereocenters. The van der Waals surface area contributed by atoms with Crippen molar-refractivity contribution in [3.8, 4) is 0 Å². The average molecular weight is 444 g/mol. The van der Waals surface area contributed by atoms with Gasteiger partial charge in [0.15, 0.2) is 0 Å². The summed E-state index contributed by atoms with van der Waals surface area (Å²) in [6.45, 7) is 5.43. The Labute approximate surface area is 178 Å². The highest BCUT2D eigenvalue weighted by molar-refractivity contribution is 5.73. The second-order valence-corrected chi connectivity index (χ2v) is 7.91. The van der Waals surface area contributed by atoms with Gasteiger partial charge in [-0.3, -0.25) is 9.59 Å². The first-order valence-corrected chi connectivity index (χ1v) is 9.26. The van der Waals surface area contributed by atoms with Crippen molar-refractivity contribution in [3.05, 3.63) is 0 Å². The molecule has 2 unspecified atom stereocenters. The van der Waals surface area contributed by atoms with Crippen molar-refractivity contribution in [2.75, 3.05) is 40.8 Å². The summed E-state index contributed by atoms with van der Waals surface area (Å²) >= 11 is 0. The Balaban J connectivity index is -0.000000160. The van der Waals surface area contributed by atoms with Gasteiger partial charge >= 0.3 is 11.9 Å². The van der Waals surface area contributed by atoms with E-state index in [1.165, 1.54) is 6.92 Å². The Bertz CT molecular complexity index is 453. The summed E-state index contributed by atoms with van der Waals surface area (Å²) in [5.74, 6) is -2.73. The van der Waals surface area contributed by atoms with Crippen molar-refractivity contribution in [1.82, 2.24) is 0 Å². The third-order valence-electron chi connectivity index (χ3n) is 2.64. The zero-order valence-electron chi connectivity index (χ0n) is 18.8. The number of carbonyl (C=O) groups excluding carboxylic acids is 1. The SMILES string of the molecule is CC(C)C[C@H](N)C(=O)O.CC(O)CO.C[N+](C)(C)CC(O)CC(=O)[O-].NCC(=O)O. The van der Waals surface area contributed by atoms with E-state index in [4.69, 9.17) is 31.3 Å². The predicted octanol–water partition coefficient (Wildman–Crippen LogP) is -2.97. The highest BCUT2D eigenvalue weighted by Crippen LogP contribution is 2.01. The van der Waals surface area contributed by atoms with Crippen LogP contribution in [0.15, 0.2) is 0 Å². The summed E-state index contributed by atoms with van der Waals surface area (Å²) in [4.78, 5) is 29.4. The summed E-state index contributed by atoms with van der Waals surface area (Å²) in [6.07, 6.45) is -1.10. The van der Waals surface area contributed by atoms with E-state index in [9.17, 15) is 19.5 Å². The third kappa shape index (κ3) is 45.1. The maximum atomic E-state index is 10.1. The van der Waals surface area contributed by atoms with Crippen molar-refractivity contribution in [1.29, 1.82) is 0 Å². The van der Waals surface area contributed by atoms with Crippen LogP contribution in [-0.2, 0) is 14.4 Å². The smallest absolute Gasteiger partial charge is 0.320 e. The van der Waals surface area contributed by atoms with E-state index in [0.29, 0.717) is 23.4 Å². The Hall–Kier alpha value is -1.83. The van der Waals surface area contributed by atoms with Gasteiger partial charge in [-0.15, -0.1) is 0 Å². The maximum Gasteiger partial charge on any atom is 0.320 e. The molecular formula is C18H41N3O9. The molecule has 12 nitrogen and oxygen atoms in total. The van der Waals surface area contributed by atoms with E-state index in [0.717, 1.165) is 0 Å². The van der Waals surface area contributed by atoms with E-state index in [2.05, 4.69) is 5.73 Å². The number of quaternary nitrogens is 1. The van der Waals surface area contributed by atoms with Gasteiger partial charge in [0.2, 0.25) is 0 Å². The van der Waals surface area contributed by atoms with Crippen LogP contribution in [0, 0.1) is 5.92 Å². The standard InChI is InChI=1S/C7H15NO3.C6H13NO2.C3H8O2.C2H5NO2/c1-8(2,3)5-6(9)4-7(10)11;1-4(2)3-5(7)6(8)9;1-3(5)2-4;3-1-2(4)5/h6,9H,4-5H2,1-3H3;4-5H,3,7H2,1-2H3,(H,8,9);3-5H,2H2,1H3;1,3H2,(H,4,5)/t;5-;;/m.0../s1. The van der Waals surface area contributed by atoms with Crippen molar-refractivity contribution in [2.45, 2.75) is 51.9 Å². The number of carboxylic acids is 3. The van der Waals surface area contributed by atoms with Crippen LogP contribution in [0.25, 0.3) is 0 Å². The molecule has 0 amide bonds. The van der Waals surface area contributed by atoms with E-state index in [1.807, 2.05) is 35.0 Å². The molecule has 12 heteroatoms. The molecular weight excluding hydrogens is 402 g/mol. The molecule has 0 bridgehead atoms. The van der Waals surface area contributed by atoms with Crippen LogP contribution < -0.4 is 16.6 Å². The normalized spacial score (nSPS) is 13.2. The molecule has 30 heavy (non-hydrogen) atoms. The zero-order valence-corrected chi connectivity index (χ0v) is 18.8. The number of rotatable bonds is 9. The van der Waals surface area contributed by atoms with Gasteiger partial charge in [0.25, 0.3) is 0 Å². The minimum Gasteiger partial charge on any atom is -0.550 e. The van der Waals surface area contributed by atoms with E-state index >= 15 is 0 Å². The quantitative estimate of drug-likeness (QED) is 0.178. The second-order valence-electron chi connectivity index (χ2n) is 7.91. The van der Waals surface area contributed by atoms with Crippen molar-refractivity contribution >= 4 is 17.9 Å². The fourth-order valence-corrected chi connectivity index (χ4v) is 1.50. The van der Waals surface area contributed by atoms with Crippen LogP contribution in [-0.4, -0.2) is 107 Å². The number of aliphatic carboxylic acids is 3. The maximum absolute atomic E-state index is 10.1. The molecule has 9 N–H and O–H groups in total. The Morgan fingerprint density at radius 1 is 1.03 bits per heavy atom. The summed E-state index contributed by atoms with van der Waals surface area (Å²) in [5, 5.41) is 51.0. The second kappa shape index (κ2) is 20.4. The van der Waals surface area contributed by atoms with Gasteiger partial charge in [0.05, 0.1) is 40.4 Å². The molecule has 182 valence electrons. The minimum absolute atomic E-state index is 0.139. The molecule has 0 aromatic rings. The molecule has 0 aromatic heterocycles. The molecule has 0 rings (SSSR count). The average Bonchev–Trinajstić information content (AvgIpc) is 2.53. The predicted molar refractivity (Wildman–Crippen MR) is 109 cm³/mol. The van der Waals surface area contributed by atoms with Gasteiger partial charge in [-0.05, 0) is 19.3 Å². The third-order valence-corrected chi connectivity index (χ3v) is 2.64. The lowest BCUT2D eigenvalue weighted by atomic mass is 10.1. The number of carbonyl (C=O) groups is 3. The molecule has 0 aliphatic carbocycles. The van der Waals surface area contributed by atoms with Crippen LogP contribution in [0.4, 0.5) is 0 Å². The number of aliphatic hydroxyl groups is 3. The van der Waals surface area contributed by atoms with Crippen molar-refractivity contribution < 1.29 is 49.5 Å². The molecule has 0 saturated heterocycles. The molecule has 0 saturated carbocycles. The number of carboxylic acid groups (broad SMARTS) is 3. The fourth-order valence-electron chi connectivity index (χ4n) is 1.50. The van der Waals surface area contributed by atoms with E-state index in [-0.39, 0.29) is 19.6 Å². The monoisotopic (exact) mass is 443 g/mol. The van der Waals surface area contributed by atoms with Crippen LogP contribution in [0.2, 0.25) is 0 Å². The number of hydrogen-bond donors (Lipinski definition) is 7. The van der Waals surface area contributed by atoms with Gasteiger partial charge in [0, 0.05) is 12.4 Å². The number of nitrogens with two attached hydrogens (primary N) is 2. The highest BCUT2D eigenvalue weighted by atomic mass is 16.4. The van der Waals surface area contributed by atoms with E-state index < -0.39 is 36.2 Å². The van der Waals surface area contributed by atoms with Gasteiger partial charge in [-0.2, -0.15) is 0 Å². The topological polar surface area (TPSA) is 227 Å². The largest absolute Gasteiger partial charge is 0.550 e. The van der Waals surface area contributed by atoms with Crippen LogP contribution in [0.5, 0.6) is 0 Å². The molecule has 0 fully saturated rings. The highest BCUT2D eigenvalue weighted by Gasteiger charge is 2.15. The number of aliphatic hydroxyl groups excluding tert-OH is 3. The molecule has 0 radical (unpaired) electrons. The van der Waals surface area contributed by atoms with Crippen molar-refractivity contribution in [2.24, 2.45) is 17.4 Å². The number of hydrogen-bond acceptors (Lipinski definition) is 9. The molecule has 0 aromatic carbocycles. The van der Waals surface area contributed by atoms with Crippen LogP contribution >= 0.6 is 0 Å². The summed E-state index contributed by atoms with van der Waals surface area (Å²) in [6, 6.07) is -0.690. The van der Waals surface area contributed by atoms with Gasteiger partial charge in [0.1, 0.15) is 18.7 Å². The molecule has 0 aliphatic rings. The van der Waals surface area contributed by atoms with Gasteiger partial charge < -0.3 is 51.4 Å². The minimum atomic E-state index is -1.20. The first-order valence-electron chi connectivity index (χ1n) is 9.26. The lowest BCUT2D eigenvalue weighted by Crippen LogP contribution is -2.43. The first kappa shape index (κ1) is 35.6. The first-order chi connectivity index (χ1) is 13.4. The van der Waals surface area contributed by atoms with E-state index in [1.54, 1.807) is 0 Å². The lowest BCUT2D eigenvalue weighted by Gasteiger charge is -2.26. The molecule has 0 spiro atoms. The Morgan fingerprint density at radius 3 is 1.53 bits per heavy atom. The van der Waals surface area contributed by atoms with Crippen molar-refractivity contribution in [3.63, 3.8) is 0 Å². The molecule has 0 heterocycles. The number of nitrogens with zero attached hydrogens (tertiary/aromatic N) is 1. The Kier molecular flexibility index (Phi) is 24.3. The Morgan fingerprint density at radius 2 is 1.40 bits per heavy atom.